The fourth-order valence-electron chi connectivity index (χ4n) is 5.36. The normalized spacial score (nSPS) is 11.3. The molecule has 13 nitrogen and oxygen atoms in total. The first kappa shape index (κ1) is 42.0. The molecule has 290 valence electrons. The Hall–Kier alpha value is -5.13. The minimum Gasteiger partial charge on any atom is -0.338 e. The minimum absolute atomic E-state index is 0.0465. The maximum atomic E-state index is 12.3. The third-order valence-electron chi connectivity index (χ3n) is 8.15. The lowest BCUT2D eigenvalue weighted by Crippen LogP contribution is -2.17. The van der Waals surface area contributed by atoms with Gasteiger partial charge in [0, 0.05) is 52.0 Å². The molecule has 6 N–H and O–H groups in total. The number of aryl methyl sites for hydroxylation is 2. The summed E-state index contributed by atoms with van der Waals surface area (Å²) in [5.74, 6) is 0.0632. The van der Waals surface area contributed by atoms with Crippen molar-refractivity contribution in [2.75, 3.05) is 10.6 Å². The number of benzene rings is 4. The van der Waals surface area contributed by atoms with E-state index in [1.54, 1.807) is 89.6 Å². The number of rotatable bonds is 10. The Morgan fingerprint density at radius 3 is 1.54 bits per heavy atom. The number of amides is 2. The van der Waals surface area contributed by atoms with Crippen LogP contribution in [0.1, 0.15) is 17.0 Å². The molecule has 0 unspecified atom stereocenters. The molecule has 18 heteroatoms. The molecule has 0 atom stereocenters. The maximum Gasteiger partial charge on any atom is 0.238 e. The molecule has 2 amide bonds. The van der Waals surface area contributed by atoms with Crippen LogP contribution < -0.4 is 20.9 Å². The molecule has 0 fully saturated rings. The van der Waals surface area contributed by atoms with Crippen LogP contribution in [-0.2, 0) is 49.5 Å². The molecule has 6 aromatic rings. The van der Waals surface area contributed by atoms with Crippen molar-refractivity contribution in [3.63, 3.8) is 0 Å². The van der Waals surface area contributed by atoms with Gasteiger partial charge in [-0.05, 0) is 78.7 Å². The molecule has 4 aromatic carbocycles. The van der Waals surface area contributed by atoms with E-state index >= 15 is 0 Å². The van der Waals surface area contributed by atoms with Crippen molar-refractivity contribution in [2.24, 2.45) is 17.3 Å². The fraction of sp³-hybridized carbons (Fsp3) is 0.105. The Labute approximate surface area is 338 Å². The highest BCUT2D eigenvalue weighted by Crippen LogP contribution is 2.30. The lowest BCUT2D eigenvalue weighted by Gasteiger charge is -2.11. The lowest BCUT2D eigenvalue weighted by atomic mass is 10.1. The molecule has 0 aliphatic heterocycles. The van der Waals surface area contributed by atoms with Crippen molar-refractivity contribution in [1.29, 1.82) is 0 Å². The molecule has 6 rings (SSSR count). The van der Waals surface area contributed by atoms with Crippen molar-refractivity contribution in [1.82, 2.24) is 14.5 Å². The second kappa shape index (κ2) is 17.8. The van der Waals surface area contributed by atoms with E-state index in [0.29, 0.717) is 60.1 Å². The van der Waals surface area contributed by atoms with Gasteiger partial charge in [0.15, 0.2) is 0 Å². The van der Waals surface area contributed by atoms with E-state index < -0.39 is 20.0 Å². The van der Waals surface area contributed by atoms with Crippen molar-refractivity contribution in [3.8, 4) is 22.5 Å². The van der Waals surface area contributed by atoms with Gasteiger partial charge in [-0.2, -0.15) is 0 Å². The Kier molecular flexibility index (Phi) is 13.3. The predicted octanol–water partition coefficient (Wildman–Crippen LogP) is 6.76. The molecular formula is C38H34Cl3N7O6S2. The number of nitrogens with two attached hydrogens (primary N) is 2. The summed E-state index contributed by atoms with van der Waals surface area (Å²) < 4.78 is 50.1. The van der Waals surface area contributed by atoms with Crippen molar-refractivity contribution in [3.05, 3.63) is 141 Å². The van der Waals surface area contributed by atoms with Crippen LogP contribution >= 0.6 is 34.8 Å². The van der Waals surface area contributed by atoms with Gasteiger partial charge < -0.3 is 15.2 Å². The van der Waals surface area contributed by atoms with Gasteiger partial charge in [-0.1, -0.05) is 71.2 Å². The van der Waals surface area contributed by atoms with E-state index in [1.165, 1.54) is 24.4 Å². The van der Waals surface area contributed by atoms with Crippen LogP contribution in [0.3, 0.4) is 0 Å². The molecule has 2 heterocycles. The molecule has 0 aliphatic carbocycles. The largest absolute Gasteiger partial charge is 0.338 e. The van der Waals surface area contributed by atoms with E-state index in [9.17, 15) is 26.4 Å². The number of halogens is 3. The molecule has 0 radical (unpaired) electrons. The van der Waals surface area contributed by atoms with Gasteiger partial charge in [-0.25, -0.2) is 32.1 Å². The number of anilines is 2. The van der Waals surface area contributed by atoms with E-state index in [1.807, 2.05) is 14.0 Å². The molecule has 0 saturated heterocycles. The number of nitrogens with one attached hydrogen (secondary N) is 2. The first-order valence-corrected chi connectivity index (χ1v) is 20.6. The highest BCUT2D eigenvalue weighted by atomic mass is 35.5. The molecule has 0 spiro atoms. The summed E-state index contributed by atoms with van der Waals surface area (Å²) in [6.07, 6.45) is 3.23. The highest BCUT2D eigenvalue weighted by Gasteiger charge is 2.20. The summed E-state index contributed by atoms with van der Waals surface area (Å²) in [5, 5.41) is 17.5. The topological polar surface area (TPSA) is 209 Å². The third-order valence-corrected chi connectivity index (χ3v) is 11.0. The zero-order valence-electron chi connectivity index (χ0n) is 29.7. The number of sulfonamides is 2. The molecule has 0 bridgehead atoms. The second-order valence-corrected chi connectivity index (χ2v) is 16.6. The summed E-state index contributed by atoms with van der Waals surface area (Å²) in [4.78, 5) is 32.9. The highest BCUT2D eigenvalue weighted by molar-refractivity contribution is 7.89. The van der Waals surface area contributed by atoms with Crippen LogP contribution in [0.4, 0.5) is 11.4 Å². The van der Waals surface area contributed by atoms with Gasteiger partial charge in [-0.15, -0.1) is 0 Å². The van der Waals surface area contributed by atoms with Gasteiger partial charge in [-0.3, -0.25) is 14.6 Å². The van der Waals surface area contributed by atoms with Gasteiger partial charge in [0.2, 0.25) is 31.9 Å². The number of hydrogen-bond acceptors (Lipinski definition) is 8. The van der Waals surface area contributed by atoms with Crippen molar-refractivity contribution in [2.45, 2.75) is 29.6 Å². The lowest BCUT2D eigenvalue weighted by molar-refractivity contribution is -0.116. The maximum absolute atomic E-state index is 12.3. The minimum atomic E-state index is -4.06. The van der Waals surface area contributed by atoms with Gasteiger partial charge in [0.25, 0.3) is 0 Å². The Morgan fingerprint density at radius 1 is 0.679 bits per heavy atom. The predicted molar refractivity (Wildman–Crippen MR) is 218 cm³/mol. The molecule has 0 aliphatic rings. The Bertz CT molecular complexity index is 2640. The van der Waals surface area contributed by atoms with Gasteiger partial charge in [0.1, 0.15) is 5.82 Å². The number of primary sulfonamides is 2. The van der Waals surface area contributed by atoms with Crippen LogP contribution in [0.5, 0.6) is 0 Å². The van der Waals surface area contributed by atoms with Crippen LogP contribution in [0, 0.1) is 6.92 Å². The van der Waals surface area contributed by atoms with E-state index in [-0.39, 0.29) is 34.4 Å². The second-order valence-electron chi connectivity index (χ2n) is 12.3. The number of nitrogens with zero attached hydrogens (tertiary/aromatic N) is 3. The summed E-state index contributed by atoms with van der Waals surface area (Å²) in [5.41, 5.74) is 3.50. The summed E-state index contributed by atoms with van der Waals surface area (Å²) >= 11 is 18.0. The summed E-state index contributed by atoms with van der Waals surface area (Å²) in [7, 11) is -6.28. The Morgan fingerprint density at radius 2 is 1.14 bits per heavy atom. The average molecular weight is 855 g/mol. The first-order chi connectivity index (χ1) is 26.4. The monoisotopic (exact) mass is 853 g/mol. The van der Waals surface area contributed by atoms with Crippen LogP contribution in [0.15, 0.2) is 119 Å². The number of pyridine rings is 1. The van der Waals surface area contributed by atoms with Crippen molar-refractivity contribution < 1.29 is 26.4 Å². The molecular weight excluding hydrogens is 821 g/mol. The first-order valence-electron chi connectivity index (χ1n) is 16.4. The quantitative estimate of drug-likeness (QED) is 0.115. The molecule has 56 heavy (non-hydrogen) atoms. The number of aromatic nitrogens is 3. The van der Waals surface area contributed by atoms with Gasteiger partial charge >= 0.3 is 0 Å². The zero-order chi connectivity index (χ0) is 40.8. The van der Waals surface area contributed by atoms with Crippen molar-refractivity contribution >= 4 is 78.0 Å². The number of hydrogen-bond donors (Lipinski definition) is 4. The molecule has 2 aromatic heterocycles. The van der Waals surface area contributed by atoms with Crippen LogP contribution in [-0.4, -0.2) is 43.2 Å². The summed E-state index contributed by atoms with van der Waals surface area (Å²) in [6.45, 7) is 1.81. The number of carbonyl (C=O) groups excluding carboxylic acids is 2. The Balaban J connectivity index is 0.000000214. The van der Waals surface area contributed by atoms with E-state index in [0.717, 1.165) is 5.82 Å². The van der Waals surface area contributed by atoms with Crippen LogP contribution in [0.25, 0.3) is 22.5 Å². The third kappa shape index (κ3) is 11.0. The average Bonchev–Trinajstić information content (AvgIpc) is 3.47. The molecule has 0 saturated carbocycles. The van der Waals surface area contributed by atoms with E-state index in [2.05, 4.69) is 20.6 Å². The fourth-order valence-corrected chi connectivity index (χ4v) is 7.42. The zero-order valence-corrected chi connectivity index (χ0v) is 33.6. The SMILES string of the molecule is Cc1nc(-c2ccc(NC(=O)Cc3ccccc3Cl)cc2S(N)(=O)=O)cn1C.NS(=O)(=O)c1cc(NC(=O)Cc2ccccc2Cl)ccc1-c1ccc(Cl)cn1. The summed E-state index contributed by atoms with van der Waals surface area (Å²) in [6, 6.07) is 26.1. The van der Waals surface area contributed by atoms with Gasteiger partial charge in [0.05, 0.1) is 39.0 Å². The number of carbonyl (C=O) groups is 2. The number of imidazole rings is 1. The smallest absolute Gasteiger partial charge is 0.238 e. The van der Waals surface area contributed by atoms with E-state index in [4.69, 9.17) is 45.1 Å². The van der Waals surface area contributed by atoms with Crippen LogP contribution in [0.2, 0.25) is 15.1 Å². The standard InChI is InChI=1S/C19H15Cl2N3O3S.C19H19ClN4O3S/c20-13-5-8-17(23-11-13)15-7-6-14(10-18(15)28(22,26)27)24-19(25)9-12-3-1-2-4-16(12)21;1-12-22-17(11-24(12)2)15-8-7-14(10-18(15)28(21,26)27)23-19(25)9-13-5-3-4-6-16(13)20/h1-8,10-11H,9H2,(H,24,25)(H2,22,26,27);3-8,10-11H,9H2,1-2H3,(H,23,25)(H2,21,26,27).